The van der Waals surface area contributed by atoms with Crippen LogP contribution in [0.1, 0.15) is 11.3 Å². The highest BCUT2D eigenvalue weighted by molar-refractivity contribution is 7.89. The lowest BCUT2D eigenvalue weighted by Crippen LogP contribution is -2.37. The van der Waals surface area contributed by atoms with E-state index in [4.69, 9.17) is 16.3 Å². The van der Waals surface area contributed by atoms with Crippen LogP contribution in [0, 0.1) is 0 Å². The van der Waals surface area contributed by atoms with Gasteiger partial charge in [-0.05, 0) is 12.1 Å². The number of halogens is 1. The number of hydrogen-bond acceptors (Lipinski definition) is 6. The highest BCUT2D eigenvalue weighted by atomic mass is 35.5. The van der Waals surface area contributed by atoms with E-state index in [-0.39, 0.29) is 23.0 Å². The van der Waals surface area contributed by atoms with Gasteiger partial charge in [0.05, 0.1) is 30.5 Å². The number of rotatable bonds is 3. The molecule has 1 fully saturated rings. The van der Waals surface area contributed by atoms with Gasteiger partial charge in [0.1, 0.15) is 4.90 Å². The Balaban J connectivity index is 1.60. The minimum Gasteiger partial charge on any atom is -0.378 e. The summed E-state index contributed by atoms with van der Waals surface area (Å²) in [6.45, 7) is 3.25. The van der Waals surface area contributed by atoms with Gasteiger partial charge in [0.25, 0.3) is 0 Å². The third-order valence-corrected chi connectivity index (χ3v) is 6.65. The largest absolute Gasteiger partial charge is 0.378 e. The molecule has 3 heterocycles. The molecular formula is C16H17ClN4O3S. The van der Waals surface area contributed by atoms with Gasteiger partial charge in [-0.2, -0.15) is 4.31 Å². The normalized spacial score (nSPS) is 18.4. The standard InChI is InChI=1S/C16H17ClN4O3S/c17-13-3-1-2-4-15(13)25(22,23)21-10-12-9-18-16(19-14(12)11-21)20-5-7-24-8-6-20/h1-4,9H,5-8,10-11H2. The van der Waals surface area contributed by atoms with Gasteiger partial charge in [-0.15, -0.1) is 0 Å². The Hall–Kier alpha value is -1.74. The fourth-order valence-electron chi connectivity index (χ4n) is 2.99. The Labute approximate surface area is 151 Å². The molecular weight excluding hydrogens is 364 g/mol. The first-order chi connectivity index (χ1) is 12.1. The Morgan fingerprint density at radius 2 is 1.88 bits per heavy atom. The predicted octanol–water partition coefficient (Wildman–Crippen LogP) is 1.67. The van der Waals surface area contributed by atoms with Crippen LogP contribution in [-0.4, -0.2) is 49.0 Å². The van der Waals surface area contributed by atoms with Gasteiger partial charge >= 0.3 is 0 Å². The topological polar surface area (TPSA) is 75.6 Å². The smallest absolute Gasteiger partial charge is 0.245 e. The first-order valence-corrected chi connectivity index (χ1v) is 9.80. The minimum atomic E-state index is -3.67. The van der Waals surface area contributed by atoms with Crippen LogP contribution >= 0.6 is 11.6 Å². The molecule has 132 valence electrons. The van der Waals surface area contributed by atoms with Gasteiger partial charge in [0.2, 0.25) is 16.0 Å². The van der Waals surface area contributed by atoms with E-state index < -0.39 is 10.0 Å². The zero-order valence-electron chi connectivity index (χ0n) is 13.4. The SMILES string of the molecule is O=S(=O)(c1ccccc1Cl)N1Cc2cnc(N3CCOCC3)nc2C1. The number of aromatic nitrogens is 2. The van der Waals surface area contributed by atoms with Crippen LogP contribution in [0.3, 0.4) is 0 Å². The second-order valence-electron chi connectivity index (χ2n) is 5.94. The van der Waals surface area contributed by atoms with Crippen LogP contribution in [0.4, 0.5) is 5.95 Å². The average Bonchev–Trinajstić information content (AvgIpc) is 3.07. The Morgan fingerprint density at radius 3 is 2.64 bits per heavy atom. The quantitative estimate of drug-likeness (QED) is 0.806. The van der Waals surface area contributed by atoms with Gasteiger partial charge < -0.3 is 9.64 Å². The average molecular weight is 381 g/mol. The molecule has 4 rings (SSSR count). The molecule has 0 amide bonds. The second-order valence-corrected chi connectivity index (χ2v) is 8.26. The Bertz CT molecular complexity index is 900. The highest BCUT2D eigenvalue weighted by Gasteiger charge is 2.33. The van der Waals surface area contributed by atoms with Crippen molar-refractivity contribution >= 4 is 27.6 Å². The van der Waals surface area contributed by atoms with E-state index in [1.807, 2.05) is 0 Å². The summed E-state index contributed by atoms with van der Waals surface area (Å²) >= 11 is 6.07. The van der Waals surface area contributed by atoms with E-state index in [2.05, 4.69) is 14.9 Å². The number of benzene rings is 1. The minimum absolute atomic E-state index is 0.117. The molecule has 2 aliphatic rings. The van der Waals surface area contributed by atoms with E-state index in [1.54, 1.807) is 24.4 Å². The number of nitrogens with zero attached hydrogens (tertiary/aromatic N) is 4. The van der Waals surface area contributed by atoms with Crippen LogP contribution < -0.4 is 4.90 Å². The van der Waals surface area contributed by atoms with E-state index in [0.717, 1.165) is 24.3 Å². The van der Waals surface area contributed by atoms with E-state index in [0.29, 0.717) is 19.2 Å². The lowest BCUT2D eigenvalue weighted by Gasteiger charge is -2.26. The van der Waals surface area contributed by atoms with E-state index in [1.165, 1.54) is 10.4 Å². The molecule has 2 aromatic rings. The van der Waals surface area contributed by atoms with Crippen LogP contribution in [0.5, 0.6) is 0 Å². The van der Waals surface area contributed by atoms with Gasteiger partial charge in [0.15, 0.2) is 0 Å². The van der Waals surface area contributed by atoms with Crippen LogP contribution in [0.15, 0.2) is 35.4 Å². The molecule has 1 aromatic carbocycles. The van der Waals surface area contributed by atoms with E-state index in [9.17, 15) is 8.42 Å². The molecule has 7 nitrogen and oxygen atoms in total. The van der Waals surface area contributed by atoms with E-state index >= 15 is 0 Å². The lowest BCUT2D eigenvalue weighted by atomic mass is 10.3. The van der Waals surface area contributed by atoms with Crippen molar-refractivity contribution in [3.63, 3.8) is 0 Å². The van der Waals surface area contributed by atoms with Gasteiger partial charge in [-0.3, -0.25) is 0 Å². The molecule has 0 bridgehead atoms. The molecule has 25 heavy (non-hydrogen) atoms. The van der Waals surface area contributed by atoms with Crippen LogP contribution in [0.25, 0.3) is 0 Å². The fourth-order valence-corrected chi connectivity index (χ4v) is 4.86. The Kier molecular flexibility index (Phi) is 4.36. The number of ether oxygens (including phenoxy) is 1. The van der Waals surface area contributed by atoms with Gasteiger partial charge in [0, 0.05) is 31.4 Å². The van der Waals surface area contributed by atoms with Crippen molar-refractivity contribution in [3.8, 4) is 0 Å². The van der Waals surface area contributed by atoms with Crippen molar-refractivity contribution in [2.45, 2.75) is 18.0 Å². The van der Waals surface area contributed by atoms with Crippen molar-refractivity contribution in [2.24, 2.45) is 0 Å². The zero-order valence-corrected chi connectivity index (χ0v) is 15.0. The van der Waals surface area contributed by atoms with Crippen molar-refractivity contribution in [1.29, 1.82) is 0 Å². The molecule has 0 radical (unpaired) electrons. The molecule has 1 aromatic heterocycles. The molecule has 2 aliphatic heterocycles. The summed E-state index contributed by atoms with van der Waals surface area (Å²) in [7, 11) is -3.67. The maximum atomic E-state index is 12.9. The summed E-state index contributed by atoms with van der Waals surface area (Å²) in [6.07, 6.45) is 1.72. The van der Waals surface area contributed by atoms with Crippen molar-refractivity contribution in [2.75, 3.05) is 31.2 Å². The maximum absolute atomic E-state index is 12.9. The number of fused-ring (bicyclic) bond motifs is 1. The number of sulfonamides is 1. The van der Waals surface area contributed by atoms with Crippen molar-refractivity contribution in [1.82, 2.24) is 14.3 Å². The first-order valence-electron chi connectivity index (χ1n) is 7.98. The third kappa shape index (κ3) is 3.10. The van der Waals surface area contributed by atoms with Crippen LogP contribution in [0.2, 0.25) is 5.02 Å². The molecule has 0 N–H and O–H groups in total. The lowest BCUT2D eigenvalue weighted by molar-refractivity contribution is 0.122. The second kappa shape index (κ2) is 6.53. The number of hydrogen-bond donors (Lipinski definition) is 0. The van der Waals surface area contributed by atoms with Crippen molar-refractivity contribution in [3.05, 3.63) is 46.7 Å². The summed E-state index contributed by atoms with van der Waals surface area (Å²) in [4.78, 5) is 11.1. The molecule has 0 saturated carbocycles. The number of morpholine rings is 1. The van der Waals surface area contributed by atoms with Gasteiger partial charge in [-0.1, -0.05) is 23.7 Å². The number of anilines is 1. The Morgan fingerprint density at radius 1 is 1.12 bits per heavy atom. The summed E-state index contributed by atoms with van der Waals surface area (Å²) in [5.74, 6) is 0.624. The maximum Gasteiger partial charge on any atom is 0.245 e. The first kappa shape index (κ1) is 16.7. The fraction of sp³-hybridized carbons (Fsp3) is 0.375. The molecule has 0 atom stereocenters. The van der Waals surface area contributed by atoms with Crippen LogP contribution in [-0.2, 0) is 27.8 Å². The third-order valence-electron chi connectivity index (χ3n) is 4.36. The zero-order chi connectivity index (χ0) is 17.4. The summed E-state index contributed by atoms with van der Waals surface area (Å²) in [5.41, 5.74) is 1.57. The predicted molar refractivity (Wildman–Crippen MR) is 92.9 cm³/mol. The van der Waals surface area contributed by atoms with Gasteiger partial charge in [-0.25, -0.2) is 18.4 Å². The highest BCUT2D eigenvalue weighted by Crippen LogP contribution is 2.31. The molecule has 0 unspecified atom stereocenters. The molecule has 0 aliphatic carbocycles. The molecule has 1 saturated heterocycles. The summed E-state index contributed by atoms with van der Waals surface area (Å²) in [5, 5.41) is 0.221. The summed E-state index contributed by atoms with van der Waals surface area (Å²) < 4.78 is 32.5. The molecule has 0 spiro atoms. The van der Waals surface area contributed by atoms with Crippen molar-refractivity contribution < 1.29 is 13.2 Å². The summed E-state index contributed by atoms with van der Waals surface area (Å²) in [6, 6.07) is 6.47. The molecule has 9 heteroatoms. The monoisotopic (exact) mass is 380 g/mol.